The zero-order chi connectivity index (χ0) is 14.3. The van der Waals surface area contributed by atoms with E-state index >= 15 is 0 Å². The number of likely N-dealkylation sites (N-methyl/N-ethyl adjacent to an activating group) is 1. The van der Waals surface area contributed by atoms with Gasteiger partial charge in [-0.1, -0.05) is 20.8 Å². The molecule has 1 amide bonds. The third-order valence-electron chi connectivity index (χ3n) is 2.75. The highest BCUT2D eigenvalue weighted by Crippen LogP contribution is 2.16. The number of nitrogens with zero attached hydrogens (tertiary/aromatic N) is 1. The monoisotopic (exact) mass is 258 g/mol. The second-order valence-corrected chi connectivity index (χ2v) is 6.02. The minimum absolute atomic E-state index is 0.0765. The lowest BCUT2D eigenvalue weighted by Crippen LogP contribution is -2.37. The van der Waals surface area contributed by atoms with Crippen LogP contribution in [0.4, 0.5) is 0 Å². The fraction of sp³-hybridized carbons (Fsp3) is 0.846. The van der Waals surface area contributed by atoms with E-state index in [2.05, 4.69) is 26.1 Å². The molecule has 0 aliphatic heterocycles. The highest BCUT2D eigenvalue weighted by molar-refractivity contribution is 5.78. The summed E-state index contributed by atoms with van der Waals surface area (Å²) in [6.45, 7) is 6.99. The van der Waals surface area contributed by atoms with Crippen molar-refractivity contribution in [3.05, 3.63) is 0 Å². The fourth-order valence-corrected chi connectivity index (χ4v) is 1.54. The van der Waals surface area contributed by atoms with Gasteiger partial charge in [-0.3, -0.25) is 14.5 Å². The van der Waals surface area contributed by atoms with E-state index in [1.807, 2.05) is 0 Å². The highest BCUT2D eigenvalue weighted by Gasteiger charge is 2.20. The first-order chi connectivity index (χ1) is 8.13. The summed E-state index contributed by atoms with van der Waals surface area (Å²) in [6.07, 6.45) is 1.50. The van der Waals surface area contributed by atoms with Crippen LogP contribution in [0.3, 0.4) is 0 Å². The lowest BCUT2D eigenvalue weighted by molar-refractivity contribution is -0.142. The van der Waals surface area contributed by atoms with Crippen LogP contribution in [0.15, 0.2) is 0 Å². The van der Waals surface area contributed by atoms with E-state index in [1.165, 1.54) is 0 Å². The van der Waals surface area contributed by atoms with Crippen molar-refractivity contribution in [2.24, 2.45) is 5.41 Å². The molecule has 0 bridgehead atoms. The molecule has 2 N–H and O–H groups in total. The second-order valence-electron chi connectivity index (χ2n) is 6.02. The molecular weight excluding hydrogens is 232 g/mol. The van der Waals surface area contributed by atoms with Crippen molar-refractivity contribution in [2.75, 3.05) is 20.6 Å². The zero-order valence-corrected chi connectivity index (χ0v) is 12.1. The van der Waals surface area contributed by atoms with Crippen LogP contribution in [0.25, 0.3) is 0 Å². The van der Waals surface area contributed by atoms with Crippen molar-refractivity contribution in [1.82, 2.24) is 10.2 Å². The number of carboxylic acid groups (broad SMARTS) is 1. The maximum atomic E-state index is 11.6. The van der Waals surface area contributed by atoms with Gasteiger partial charge in [0.05, 0.1) is 0 Å². The van der Waals surface area contributed by atoms with Gasteiger partial charge in [-0.2, -0.15) is 0 Å². The van der Waals surface area contributed by atoms with E-state index in [1.54, 1.807) is 19.0 Å². The number of carbonyl (C=O) groups is 2. The molecule has 0 fully saturated rings. The third kappa shape index (κ3) is 8.06. The van der Waals surface area contributed by atoms with E-state index in [9.17, 15) is 9.59 Å². The Hall–Kier alpha value is -1.10. The molecule has 18 heavy (non-hydrogen) atoms. The molecule has 0 radical (unpaired) electrons. The van der Waals surface area contributed by atoms with Crippen molar-refractivity contribution < 1.29 is 14.7 Å². The average Bonchev–Trinajstić information content (AvgIpc) is 2.14. The summed E-state index contributed by atoms with van der Waals surface area (Å²) in [7, 11) is 3.41. The normalized spacial score (nSPS) is 13.4. The van der Waals surface area contributed by atoms with Gasteiger partial charge in [-0.25, -0.2) is 0 Å². The molecule has 0 aliphatic carbocycles. The molecule has 0 heterocycles. The Bertz CT molecular complexity index is 282. The Morgan fingerprint density at radius 1 is 1.28 bits per heavy atom. The number of carboxylic acids is 1. The number of hydrogen-bond donors (Lipinski definition) is 2. The number of rotatable bonds is 7. The number of amides is 1. The molecule has 1 unspecified atom stereocenters. The number of hydrogen-bond acceptors (Lipinski definition) is 3. The van der Waals surface area contributed by atoms with Gasteiger partial charge in [0.25, 0.3) is 0 Å². The lowest BCUT2D eigenvalue weighted by atomic mass is 9.92. The zero-order valence-electron chi connectivity index (χ0n) is 12.1. The van der Waals surface area contributed by atoms with Gasteiger partial charge in [-0.15, -0.1) is 0 Å². The number of carbonyl (C=O) groups excluding carboxylic acids is 1. The molecule has 0 saturated carbocycles. The van der Waals surface area contributed by atoms with Crippen LogP contribution in [0.5, 0.6) is 0 Å². The first-order valence-corrected chi connectivity index (χ1v) is 6.29. The Balaban J connectivity index is 3.92. The van der Waals surface area contributed by atoms with Crippen molar-refractivity contribution >= 4 is 11.9 Å². The van der Waals surface area contributed by atoms with Gasteiger partial charge >= 0.3 is 5.97 Å². The van der Waals surface area contributed by atoms with E-state index in [4.69, 9.17) is 5.11 Å². The summed E-state index contributed by atoms with van der Waals surface area (Å²) in [5, 5.41) is 11.8. The largest absolute Gasteiger partial charge is 0.480 e. The van der Waals surface area contributed by atoms with Crippen LogP contribution < -0.4 is 5.32 Å². The standard InChI is InChI=1S/C13H26N2O3/c1-13(2,3)8-9-14-11(16)7-6-10(12(17)18)15(4)5/h10H,6-9H2,1-5H3,(H,14,16)(H,17,18). The van der Waals surface area contributed by atoms with Crippen LogP contribution in [0.1, 0.15) is 40.0 Å². The summed E-state index contributed by atoms with van der Waals surface area (Å²) in [6, 6.07) is -0.599. The van der Waals surface area contributed by atoms with E-state index < -0.39 is 12.0 Å². The topological polar surface area (TPSA) is 69.6 Å². The van der Waals surface area contributed by atoms with Gasteiger partial charge < -0.3 is 10.4 Å². The predicted octanol–water partition coefficient (Wildman–Crippen LogP) is 1.33. The van der Waals surface area contributed by atoms with Gasteiger partial charge in [0.15, 0.2) is 0 Å². The maximum Gasteiger partial charge on any atom is 0.320 e. The number of aliphatic carboxylic acids is 1. The van der Waals surface area contributed by atoms with Crippen LogP contribution in [0, 0.1) is 5.41 Å². The summed E-state index contributed by atoms with van der Waals surface area (Å²) in [4.78, 5) is 24.1. The maximum absolute atomic E-state index is 11.6. The molecule has 106 valence electrons. The summed E-state index contributed by atoms with van der Waals surface area (Å²) < 4.78 is 0. The molecular formula is C13H26N2O3. The summed E-state index contributed by atoms with van der Waals surface area (Å²) in [5.74, 6) is -0.963. The van der Waals surface area contributed by atoms with Gasteiger partial charge in [0.2, 0.25) is 5.91 Å². The van der Waals surface area contributed by atoms with Crippen LogP contribution in [-0.2, 0) is 9.59 Å². The van der Waals surface area contributed by atoms with Crippen molar-refractivity contribution in [3.63, 3.8) is 0 Å². The van der Waals surface area contributed by atoms with Crippen molar-refractivity contribution in [2.45, 2.75) is 46.1 Å². The van der Waals surface area contributed by atoms with E-state index in [-0.39, 0.29) is 17.7 Å². The minimum Gasteiger partial charge on any atom is -0.480 e. The molecule has 1 atom stereocenters. The summed E-state index contributed by atoms with van der Waals surface area (Å²) in [5.41, 5.74) is 0.195. The Labute approximate surface area is 110 Å². The van der Waals surface area contributed by atoms with Gasteiger partial charge in [0.1, 0.15) is 6.04 Å². The molecule has 0 spiro atoms. The summed E-state index contributed by atoms with van der Waals surface area (Å²) >= 11 is 0. The Morgan fingerprint density at radius 3 is 2.22 bits per heavy atom. The van der Waals surface area contributed by atoms with Crippen molar-refractivity contribution in [1.29, 1.82) is 0 Å². The van der Waals surface area contributed by atoms with Gasteiger partial charge in [-0.05, 0) is 32.4 Å². The third-order valence-corrected chi connectivity index (χ3v) is 2.75. The average molecular weight is 258 g/mol. The molecule has 5 nitrogen and oxygen atoms in total. The van der Waals surface area contributed by atoms with E-state index in [0.717, 1.165) is 6.42 Å². The highest BCUT2D eigenvalue weighted by atomic mass is 16.4. The molecule has 0 aromatic carbocycles. The Kier molecular flexibility index (Phi) is 6.91. The molecule has 0 aromatic rings. The molecule has 0 rings (SSSR count). The smallest absolute Gasteiger partial charge is 0.320 e. The van der Waals surface area contributed by atoms with Crippen molar-refractivity contribution in [3.8, 4) is 0 Å². The van der Waals surface area contributed by atoms with Crippen LogP contribution in [0.2, 0.25) is 0 Å². The SMILES string of the molecule is CN(C)C(CCC(=O)NCCC(C)(C)C)C(=O)O. The first-order valence-electron chi connectivity index (χ1n) is 6.29. The minimum atomic E-state index is -0.887. The van der Waals surface area contributed by atoms with Gasteiger partial charge in [0, 0.05) is 13.0 Å². The molecule has 0 aromatic heterocycles. The molecule has 0 aliphatic rings. The molecule has 0 saturated heterocycles. The second kappa shape index (κ2) is 7.36. The first kappa shape index (κ1) is 16.9. The quantitative estimate of drug-likeness (QED) is 0.723. The molecule has 5 heteroatoms. The fourth-order valence-electron chi connectivity index (χ4n) is 1.54. The van der Waals surface area contributed by atoms with Crippen LogP contribution in [-0.4, -0.2) is 48.6 Å². The van der Waals surface area contributed by atoms with Crippen LogP contribution >= 0.6 is 0 Å². The Morgan fingerprint density at radius 2 is 1.83 bits per heavy atom. The lowest BCUT2D eigenvalue weighted by Gasteiger charge is -2.20. The number of nitrogens with one attached hydrogen (secondary N) is 1. The van der Waals surface area contributed by atoms with E-state index in [0.29, 0.717) is 13.0 Å². The predicted molar refractivity (Wildman–Crippen MR) is 71.4 cm³/mol.